The molecule has 1 aromatic carbocycles. The second kappa shape index (κ2) is 6.53. The van der Waals surface area contributed by atoms with Gasteiger partial charge in [-0.25, -0.2) is 4.68 Å². The molecular formula is C13H7ClF3N5O3S. The van der Waals surface area contributed by atoms with Gasteiger partial charge in [-0.15, -0.1) is 10.2 Å². The van der Waals surface area contributed by atoms with Crippen LogP contribution in [-0.4, -0.2) is 19.8 Å². The predicted molar refractivity (Wildman–Crippen MR) is 85.1 cm³/mol. The number of benzene rings is 1. The highest BCUT2D eigenvalue weighted by Crippen LogP contribution is 2.42. The number of alkyl halides is 3. The summed E-state index contributed by atoms with van der Waals surface area (Å²) in [5.74, 6) is 6.27. The topological polar surface area (TPSA) is 113 Å². The SMILES string of the molecule is Nn1c(Sc2cc(Cl)c(C(F)(F)F)cc2[N+](=O)[O-])nnc1-c1ccco1. The number of nitrogen functional groups attached to an aromatic ring is 1. The molecule has 136 valence electrons. The molecule has 3 rings (SSSR count). The van der Waals surface area contributed by atoms with Gasteiger partial charge >= 0.3 is 6.18 Å². The van der Waals surface area contributed by atoms with Crippen LogP contribution in [0.2, 0.25) is 5.02 Å². The minimum atomic E-state index is -4.83. The van der Waals surface area contributed by atoms with Crippen molar-refractivity contribution in [3.05, 3.63) is 51.2 Å². The summed E-state index contributed by atoms with van der Waals surface area (Å²) in [6, 6.07) is 4.38. The van der Waals surface area contributed by atoms with Crippen molar-refractivity contribution in [1.29, 1.82) is 0 Å². The number of nitro groups is 1. The van der Waals surface area contributed by atoms with Crippen molar-refractivity contribution in [2.75, 3.05) is 5.84 Å². The summed E-state index contributed by atoms with van der Waals surface area (Å²) < 4.78 is 44.8. The summed E-state index contributed by atoms with van der Waals surface area (Å²) in [6.07, 6.45) is -3.44. The molecule has 2 heterocycles. The number of rotatable bonds is 4. The Morgan fingerprint density at radius 1 is 1.35 bits per heavy atom. The quantitative estimate of drug-likeness (QED) is 0.396. The Hall–Kier alpha value is -2.73. The summed E-state index contributed by atoms with van der Waals surface area (Å²) in [6.45, 7) is 0. The lowest BCUT2D eigenvalue weighted by molar-refractivity contribution is -0.388. The molecule has 0 spiro atoms. The third-order valence-electron chi connectivity index (χ3n) is 3.16. The van der Waals surface area contributed by atoms with Gasteiger partial charge in [-0.3, -0.25) is 10.1 Å². The van der Waals surface area contributed by atoms with Crippen LogP contribution in [0.15, 0.2) is 45.0 Å². The number of hydrogen-bond donors (Lipinski definition) is 1. The maximum absolute atomic E-state index is 12.9. The summed E-state index contributed by atoms with van der Waals surface area (Å²) in [5.41, 5.74) is -2.09. The van der Waals surface area contributed by atoms with Gasteiger partial charge in [0.15, 0.2) is 5.76 Å². The van der Waals surface area contributed by atoms with E-state index in [1.54, 1.807) is 12.1 Å². The Morgan fingerprint density at radius 3 is 2.65 bits per heavy atom. The van der Waals surface area contributed by atoms with E-state index >= 15 is 0 Å². The molecule has 0 atom stereocenters. The van der Waals surface area contributed by atoms with Crippen molar-refractivity contribution in [2.24, 2.45) is 0 Å². The van der Waals surface area contributed by atoms with E-state index in [1.807, 2.05) is 0 Å². The monoisotopic (exact) mass is 405 g/mol. The van der Waals surface area contributed by atoms with Gasteiger partial charge in [0.1, 0.15) is 0 Å². The fourth-order valence-corrected chi connectivity index (χ4v) is 3.22. The van der Waals surface area contributed by atoms with Crippen molar-refractivity contribution in [2.45, 2.75) is 16.2 Å². The largest absolute Gasteiger partial charge is 0.461 e. The first-order valence-electron chi connectivity index (χ1n) is 6.66. The van der Waals surface area contributed by atoms with Crippen LogP contribution in [0.3, 0.4) is 0 Å². The number of nitrogens with two attached hydrogens (primary N) is 1. The Labute approximate surface area is 151 Å². The van der Waals surface area contributed by atoms with Crippen molar-refractivity contribution in [3.63, 3.8) is 0 Å². The summed E-state index contributed by atoms with van der Waals surface area (Å²) in [5, 5.41) is 18.1. The first kappa shape index (κ1) is 18.1. The number of hydrogen-bond acceptors (Lipinski definition) is 7. The zero-order valence-electron chi connectivity index (χ0n) is 12.4. The molecule has 0 radical (unpaired) electrons. The Bertz CT molecular complexity index is 974. The van der Waals surface area contributed by atoms with Crippen LogP contribution in [0.5, 0.6) is 0 Å². The van der Waals surface area contributed by atoms with Gasteiger partial charge in [-0.05, 0) is 30.0 Å². The van der Waals surface area contributed by atoms with E-state index in [2.05, 4.69) is 10.2 Å². The highest BCUT2D eigenvalue weighted by atomic mass is 35.5. The number of aromatic nitrogens is 3. The first-order chi connectivity index (χ1) is 12.2. The van der Waals surface area contributed by atoms with Crippen LogP contribution in [0.25, 0.3) is 11.6 Å². The van der Waals surface area contributed by atoms with E-state index in [4.69, 9.17) is 21.9 Å². The highest BCUT2D eigenvalue weighted by molar-refractivity contribution is 7.99. The standard InChI is InChI=1S/C13H7ClF3N5O3S/c14-7-5-10(8(22(23)24)4-6(7)13(15,16)17)26-12-20-19-11(21(12)18)9-2-1-3-25-9/h1-5H,18H2. The molecule has 0 aliphatic rings. The van der Waals surface area contributed by atoms with E-state index in [9.17, 15) is 23.3 Å². The minimum Gasteiger partial charge on any atom is -0.461 e. The van der Waals surface area contributed by atoms with Gasteiger partial charge in [0.2, 0.25) is 11.0 Å². The highest BCUT2D eigenvalue weighted by Gasteiger charge is 2.36. The number of furan rings is 1. The van der Waals surface area contributed by atoms with Crippen LogP contribution in [0.4, 0.5) is 18.9 Å². The van der Waals surface area contributed by atoms with Crippen LogP contribution in [0, 0.1) is 10.1 Å². The summed E-state index contributed by atoms with van der Waals surface area (Å²) >= 11 is 6.29. The fraction of sp³-hybridized carbons (Fsp3) is 0.0769. The Morgan fingerprint density at radius 2 is 2.08 bits per heavy atom. The molecule has 0 bridgehead atoms. The van der Waals surface area contributed by atoms with Gasteiger partial charge in [-0.2, -0.15) is 13.2 Å². The third-order valence-corrected chi connectivity index (χ3v) is 4.48. The van der Waals surface area contributed by atoms with E-state index in [1.165, 1.54) is 6.26 Å². The zero-order chi connectivity index (χ0) is 19.1. The van der Waals surface area contributed by atoms with Crippen molar-refractivity contribution >= 4 is 29.1 Å². The fourth-order valence-electron chi connectivity index (χ4n) is 2.00. The molecular weight excluding hydrogens is 399 g/mol. The average molecular weight is 406 g/mol. The van der Waals surface area contributed by atoms with E-state index < -0.39 is 27.4 Å². The van der Waals surface area contributed by atoms with Crippen LogP contribution < -0.4 is 5.84 Å². The molecule has 0 aliphatic carbocycles. The predicted octanol–water partition coefficient (Wildman–Crippen LogP) is 3.98. The van der Waals surface area contributed by atoms with Crippen LogP contribution >= 0.6 is 23.4 Å². The second-order valence-electron chi connectivity index (χ2n) is 4.81. The molecule has 8 nitrogen and oxygen atoms in total. The van der Waals surface area contributed by atoms with E-state index in [0.717, 1.165) is 10.7 Å². The Balaban J connectivity index is 2.03. The summed E-state index contributed by atoms with van der Waals surface area (Å²) in [7, 11) is 0. The summed E-state index contributed by atoms with van der Waals surface area (Å²) in [4.78, 5) is 10.1. The van der Waals surface area contributed by atoms with Crippen molar-refractivity contribution in [3.8, 4) is 11.6 Å². The number of nitrogens with zero attached hydrogens (tertiary/aromatic N) is 4. The zero-order valence-corrected chi connectivity index (χ0v) is 14.0. The molecule has 0 saturated carbocycles. The van der Waals surface area contributed by atoms with Gasteiger partial charge in [0.05, 0.1) is 26.7 Å². The van der Waals surface area contributed by atoms with Gasteiger partial charge < -0.3 is 10.3 Å². The van der Waals surface area contributed by atoms with Gasteiger partial charge in [0.25, 0.3) is 5.69 Å². The van der Waals surface area contributed by atoms with Gasteiger partial charge in [-0.1, -0.05) is 11.6 Å². The Kier molecular flexibility index (Phi) is 4.54. The molecule has 0 unspecified atom stereocenters. The molecule has 2 N–H and O–H groups in total. The van der Waals surface area contributed by atoms with Crippen LogP contribution in [0.1, 0.15) is 5.56 Å². The molecule has 0 amide bonds. The van der Waals surface area contributed by atoms with Crippen molar-refractivity contribution in [1.82, 2.24) is 14.9 Å². The van der Waals surface area contributed by atoms with E-state index in [-0.39, 0.29) is 15.9 Å². The first-order valence-corrected chi connectivity index (χ1v) is 7.85. The molecule has 13 heteroatoms. The second-order valence-corrected chi connectivity index (χ2v) is 6.23. The lowest BCUT2D eigenvalue weighted by Crippen LogP contribution is -2.11. The third kappa shape index (κ3) is 3.32. The molecule has 0 fully saturated rings. The van der Waals surface area contributed by atoms with E-state index in [0.29, 0.717) is 23.6 Å². The maximum Gasteiger partial charge on any atom is 0.418 e. The van der Waals surface area contributed by atoms with Gasteiger partial charge in [0, 0.05) is 6.07 Å². The maximum atomic E-state index is 12.9. The smallest absolute Gasteiger partial charge is 0.418 e. The lowest BCUT2D eigenvalue weighted by atomic mass is 10.2. The van der Waals surface area contributed by atoms with Crippen LogP contribution in [-0.2, 0) is 6.18 Å². The minimum absolute atomic E-state index is 0.00433. The molecule has 3 aromatic rings. The van der Waals surface area contributed by atoms with Crippen molar-refractivity contribution < 1.29 is 22.5 Å². The molecule has 0 aliphatic heterocycles. The number of nitro benzene ring substituents is 1. The molecule has 26 heavy (non-hydrogen) atoms. The normalized spacial score (nSPS) is 11.7. The molecule has 2 aromatic heterocycles. The average Bonchev–Trinajstić information content (AvgIpc) is 3.16. The lowest BCUT2D eigenvalue weighted by Gasteiger charge is -2.10. The number of halogens is 4. The molecule has 0 saturated heterocycles.